The zero-order valence-electron chi connectivity index (χ0n) is 15.4. The maximum absolute atomic E-state index is 12.4. The van der Waals surface area contributed by atoms with Crippen molar-refractivity contribution >= 4 is 22.5 Å². The molecule has 2 heterocycles. The van der Waals surface area contributed by atoms with E-state index in [1.807, 2.05) is 60.1 Å². The Morgan fingerprint density at radius 1 is 1.07 bits per heavy atom. The maximum Gasteiger partial charge on any atom is 0.226 e. The van der Waals surface area contributed by atoms with Crippen LogP contribution in [0.2, 0.25) is 0 Å². The molecule has 4 aromatic rings. The Labute approximate surface area is 161 Å². The molecule has 0 spiro atoms. The number of amides is 1. The van der Waals surface area contributed by atoms with Crippen LogP contribution >= 0.6 is 0 Å². The van der Waals surface area contributed by atoms with E-state index in [-0.39, 0.29) is 17.8 Å². The number of aryl methyl sites for hydroxylation is 2. The smallest absolute Gasteiger partial charge is 0.226 e. The summed E-state index contributed by atoms with van der Waals surface area (Å²) in [6, 6.07) is 16.7. The summed E-state index contributed by atoms with van der Waals surface area (Å²) in [6.45, 7) is 2.35. The highest BCUT2D eigenvalue weighted by atomic mass is 16.1. The Hall–Kier alpha value is -3.74. The molecule has 0 fully saturated rings. The molecule has 1 N–H and O–H groups in total. The fraction of sp³-hybridized carbons (Fsp3) is 0.143. The summed E-state index contributed by atoms with van der Waals surface area (Å²) in [5.41, 5.74) is 3.20. The van der Waals surface area contributed by atoms with Crippen LogP contribution in [-0.4, -0.2) is 25.5 Å². The number of nitrogens with zero attached hydrogens (tertiary/aromatic N) is 4. The number of nitrogens with one attached hydrogen (secondary N) is 1. The molecule has 7 nitrogen and oxygen atoms in total. The normalized spacial score (nSPS) is 10.9. The molecule has 2 aromatic carbocycles. The molecule has 0 saturated heterocycles. The summed E-state index contributed by atoms with van der Waals surface area (Å²) in [7, 11) is 0. The number of carbonyl (C=O) groups excluding carboxylic acids is 1. The van der Waals surface area contributed by atoms with Crippen LogP contribution in [-0.2, 0) is 11.3 Å². The number of carbonyl (C=O) groups is 1. The van der Waals surface area contributed by atoms with Crippen LogP contribution in [0.3, 0.4) is 0 Å². The highest BCUT2D eigenvalue weighted by Gasteiger charge is 2.08. The number of hydrogen-bond donors (Lipinski definition) is 1. The van der Waals surface area contributed by atoms with Gasteiger partial charge >= 0.3 is 0 Å². The van der Waals surface area contributed by atoms with Crippen LogP contribution in [0.5, 0.6) is 0 Å². The highest BCUT2D eigenvalue weighted by Crippen LogP contribution is 2.16. The van der Waals surface area contributed by atoms with Crippen LogP contribution < -0.4 is 10.7 Å². The fourth-order valence-electron chi connectivity index (χ4n) is 3.13. The lowest BCUT2D eigenvalue weighted by Gasteiger charge is -2.11. The molecular formula is C21H19N5O2. The Kier molecular flexibility index (Phi) is 4.72. The lowest BCUT2D eigenvalue weighted by molar-refractivity contribution is -0.116. The number of anilines is 1. The average molecular weight is 373 g/mol. The van der Waals surface area contributed by atoms with Crippen LogP contribution in [0.25, 0.3) is 16.6 Å². The predicted octanol–water partition coefficient (Wildman–Crippen LogP) is 2.92. The van der Waals surface area contributed by atoms with Gasteiger partial charge in [0.05, 0.1) is 23.9 Å². The predicted molar refractivity (Wildman–Crippen MR) is 108 cm³/mol. The lowest BCUT2D eigenvalue weighted by Crippen LogP contribution is -2.18. The van der Waals surface area contributed by atoms with Gasteiger partial charge < -0.3 is 5.32 Å². The van der Waals surface area contributed by atoms with Crippen molar-refractivity contribution in [2.45, 2.75) is 19.9 Å². The SMILES string of the molecule is Cc1ccnn1-c1cccc(NC(=O)CCn2ncc(=O)c3ccccc32)c1. The van der Waals surface area contributed by atoms with Gasteiger partial charge in [-0.25, -0.2) is 4.68 Å². The lowest BCUT2D eigenvalue weighted by atomic mass is 10.2. The Balaban J connectivity index is 1.47. The van der Waals surface area contributed by atoms with Crippen molar-refractivity contribution in [1.82, 2.24) is 19.6 Å². The van der Waals surface area contributed by atoms with Gasteiger partial charge in [0.25, 0.3) is 0 Å². The molecule has 0 atom stereocenters. The Bertz CT molecular complexity index is 1210. The molecule has 140 valence electrons. The Morgan fingerprint density at radius 3 is 2.75 bits per heavy atom. The summed E-state index contributed by atoms with van der Waals surface area (Å²) >= 11 is 0. The zero-order valence-corrected chi connectivity index (χ0v) is 15.4. The number of fused-ring (bicyclic) bond motifs is 1. The first-order chi connectivity index (χ1) is 13.6. The molecule has 0 aliphatic rings. The van der Waals surface area contributed by atoms with E-state index in [1.165, 1.54) is 6.20 Å². The molecular weight excluding hydrogens is 354 g/mol. The molecule has 0 saturated carbocycles. The van der Waals surface area contributed by atoms with Gasteiger partial charge in [-0.3, -0.25) is 14.3 Å². The van der Waals surface area contributed by atoms with Gasteiger partial charge in [0.1, 0.15) is 0 Å². The van der Waals surface area contributed by atoms with Crippen molar-refractivity contribution in [1.29, 1.82) is 0 Å². The molecule has 0 bridgehead atoms. The van der Waals surface area contributed by atoms with Crippen LogP contribution in [0.15, 0.2) is 71.8 Å². The van der Waals surface area contributed by atoms with E-state index in [2.05, 4.69) is 15.5 Å². The summed E-state index contributed by atoms with van der Waals surface area (Å²) < 4.78 is 3.49. The standard InChI is InChI=1S/C21H19N5O2/c1-15-9-11-22-26(15)17-6-4-5-16(13-17)24-21(28)10-12-25-19-8-3-2-7-18(19)20(27)14-23-25/h2-9,11,13-14H,10,12H2,1H3,(H,24,28). The first-order valence-electron chi connectivity index (χ1n) is 8.97. The number of rotatable bonds is 5. The van der Waals surface area contributed by atoms with Gasteiger partial charge in [0, 0.05) is 29.4 Å². The number of hydrogen-bond acceptors (Lipinski definition) is 4. The summed E-state index contributed by atoms with van der Waals surface area (Å²) in [5, 5.41) is 11.9. The molecule has 1 amide bonds. The zero-order chi connectivity index (χ0) is 19.5. The fourth-order valence-corrected chi connectivity index (χ4v) is 3.13. The average Bonchev–Trinajstić information content (AvgIpc) is 3.14. The van der Waals surface area contributed by atoms with Crippen LogP contribution in [0.1, 0.15) is 12.1 Å². The van der Waals surface area contributed by atoms with Crippen molar-refractivity contribution in [2.24, 2.45) is 0 Å². The first-order valence-corrected chi connectivity index (χ1v) is 8.97. The Morgan fingerprint density at radius 2 is 1.93 bits per heavy atom. The van der Waals surface area contributed by atoms with Gasteiger partial charge in [-0.15, -0.1) is 0 Å². The maximum atomic E-state index is 12.4. The van der Waals surface area contributed by atoms with E-state index < -0.39 is 0 Å². The summed E-state index contributed by atoms with van der Waals surface area (Å²) in [4.78, 5) is 24.3. The third-order valence-electron chi connectivity index (χ3n) is 4.52. The second-order valence-corrected chi connectivity index (χ2v) is 6.48. The number of benzene rings is 2. The van der Waals surface area contributed by atoms with Crippen molar-refractivity contribution in [3.63, 3.8) is 0 Å². The van der Waals surface area contributed by atoms with E-state index in [9.17, 15) is 9.59 Å². The topological polar surface area (TPSA) is 81.8 Å². The molecule has 2 aromatic heterocycles. The molecule has 0 aliphatic heterocycles. The minimum atomic E-state index is -0.126. The summed E-state index contributed by atoms with van der Waals surface area (Å²) in [6.07, 6.45) is 3.27. The second-order valence-electron chi connectivity index (χ2n) is 6.48. The number of aromatic nitrogens is 4. The van der Waals surface area contributed by atoms with E-state index in [1.54, 1.807) is 16.9 Å². The first kappa shape index (κ1) is 17.7. The minimum absolute atomic E-state index is 0.123. The van der Waals surface area contributed by atoms with Crippen LogP contribution in [0, 0.1) is 6.92 Å². The third kappa shape index (κ3) is 3.55. The molecule has 28 heavy (non-hydrogen) atoms. The summed E-state index contributed by atoms with van der Waals surface area (Å²) in [5.74, 6) is -0.126. The van der Waals surface area contributed by atoms with E-state index in [4.69, 9.17) is 0 Å². The highest BCUT2D eigenvalue weighted by molar-refractivity contribution is 5.91. The molecule has 0 unspecified atom stereocenters. The van der Waals surface area contributed by atoms with E-state index in [0.717, 1.165) is 16.9 Å². The third-order valence-corrected chi connectivity index (χ3v) is 4.52. The number of para-hydroxylation sites is 1. The van der Waals surface area contributed by atoms with Crippen molar-refractivity contribution in [3.8, 4) is 5.69 Å². The molecule has 0 radical (unpaired) electrons. The van der Waals surface area contributed by atoms with Gasteiger partial charge in [0.15, 0.2) is 0 Å². The molecule has 4 rings (SSSR count). The van der Waals surface area contributed by atoms with E-state index >= 15 is 0 Å². The van der Waals surface area contributed by atoms with Gasteiger partial charge in [-0.05, 0) is 43.3 Å². The van der Waals surface area contributed by atoms with Crippen molar-refractivity contribution in [2.75, 3.05) is 5.32 Å². The largest absolute Gasteiger partial charge is 0.326 e. The van der Waals surface area contributed by atoms with Crippen LogP contribution in [0.4, 0.5) is 5.69 Å². The monoisotopic (exact) mass is 373 g/mol. The quantitative estimate of drug-likeness (QED) is 0.583. The minimum Gasteiger partial charge on any atom is -0.326 e. The van der Waals surface area contributed by atoms with Gasteiger partial charge in [-0.2, -0.15) is 10.2 Å². The van der Waals surface area contributed by atoms with Gasteiger partial charge in [0.2, 0.25) is 11.3 Å². The van der Waals surface area contributed by atoms with Gasteiger partial charge in [-0.1, -0.05) is 18.2 Å². The van der Waals surface area contributed by atoms with E-state index in [0.29, 0.717) is 17.6 Å². The van der Waals surface area contributed by atoms with Crippen molar-refractivity contribution in [3.05, 3.63) is 82.9 Å². The molecule has 7 heteroatoms. The van der Waals surface area contributed by atoms with Crippen molar-refractivity contribution < 1.29 is 4.79 Å². The second kappa shape index (κ2) is 7.48. The molecule has 0 aliphatic carbocycles.